The first-order valence-electron chi connectivity index (χ1n) is 10.1. The van der Waals surface area contributed by atoms with Gasteiger partial charge < -0.3 is 4.98 Å². The highest BCUT2D eigenvalue weighted by atomic mass is 16.1. The normalized spacial score (nSPS) is 11.4. The molecule has 1 N–H and O–H groups in total. The maximum Gasteiger partial charge on any atom is 0.166 e. The van der Waals surface area contributed by atoms with E-state index in [-0.39, 0.29) is 0 Å². The van der Waals surface area contributed by atoms with Gasteiger partial charge in [0.25, 0.3) is 0 Å². The van der Waals surface area contributed by atoms with Crippen molar-refractivity contribution < 1.29 is 4.79 Å². The van der Waals surface area contributed by atoms with Crippen molar-refractivity contribution in [3.63, 3.8) is 0 Å². The third-order valence-corrected chi connectivity index (χ3v) is 4.60. The molecule has 0 saturated carbocycles. The number of carbonyl (C=O) groups excluding carboxylic acids is 1. The van der Waals surface area contributed by atoms with Crippen LogP contribution < -0.4 is 0 Å². The lowest BCUT2D eigenvalue weighted by atomic mass is 10.1. The fourth-order valence-electron chi connectivity index (χ4n) is 3.06. The molecule has 0 aliphatic heterocycles. The van der Waals surface area contributed by atoms with Crippen LogP contribution in [0, 0.1) is 0 Å². The van der Waals surface area contributed by atoms with Gasteiger partial charge in [-0.3, -0.25) is 4.79 Å². The first-order valence-corrected chi connectivity index (χ1v) is 10.1. The number of rotatable bonds is 16. The third kappa shape index (κ3) is 11.3. The standard InChI is InChI=1S/C22H37NO/c1-2-3-4-5-6-7-8-9-10-11-12-13-14-15-16-17-21-18-19-22(20-24)23-21/h8-9,18-20,23H,2-7,10-17H2,1H3. The Balaban J connectivity index is 1.81. The van der Waals surface area contributed by atoms with Crippen molar-refractivity contribution in [2.45, 2.75) is 96.8 Å². The zero-order chi connectivity index (χ0) is 17.3. The molecule has 0 aliphatic rings. The Kier molecular flexibility index (Phi) is 13.2. The van der Waals surface area contributed by atoms with Gasteiger partial charge in [0, 0.05) is 5.69 Å². The van der Waals surface area contributed by atoms with Gasteiger partial charge in [-0.1, -0.05) is 70.4 Å². The van der Waals surface area contributed by atoms with E-state index in [1.807, 2.05) is 12.1 Å². The largest absolute Gasteiger partial charge is 0.356 e. The molecule has 1 rings (SSSR count). The summed E-state index contributed by atoms with van der Waals surface area (Å²) in [6.07, 6.45) is 24.1. The Labute approximate surface area is 149 Å². The van der Waals surface area contributed by atoms with E-state index >= 15 is 0 Å². The number of unbranched alkanes of at least 4 members (excludes halogenated alkanes) is 11. The predicted molar refractivity (Wildman–Crippen MR) is 105 cm³/mol. The van der Waals surface area contributed by atoms with Crippen molar-refractivity contribution in [1.82, 2.24) is 4.98 Å². The highest BCUT2D eigenvalue weighted by molar-refractivity contribution is 5.71. The average molecular weight is 332 g/mol. The van der Waals surface area contributed by atoms with Crippen LogP contribution in [0.3, 0.4) is 0 Å². The molecule has 136 valence electrons. The lowest BCUT2D eigenvalue weighted by molar-refractivity contribution is 0.111. The SMILES string of the molecule is CCCCCCCC=CCCCCCCCCc1ccc(C=O)[nH]1. The summed E-state index contributed by atoms with van der Waals surface area (Å²) < 4.78 is 0. The fourth-order valence-corrected chi connectivity index (χ4v) is 3.06. The topological polar surface area (TPSA) is 32.9 Å². The first-order chi connectivity index (χ1) is 11.9. The fraction of sp³-hybridized carbons (Fsp3) is 0.682. The van der Waals surface area contributed by atoms with E-state index in [0.29, 0.717) is 5.69 Å². The molecule has 2 heteroatoms. The van der Waals surface area contributed by atoms with Crippen LogP contribution in [0.25, 0.3) is 0 Å². The molecule has 2 nitrogen and oxygen atoms in total. The number of hydrogen-bond acceptors (Lipinski definition) is 1. The Morgan fingerprint density at radius 2 is 1.38 bits per heavy atom. The van der Waals surface area contributed by atoms with Gasteiger partial charge in [-0.05, 0) is 50.7 Å². The van der Waals surface area contributed by atoms with Crippen LogP contribution in [0.1, 0.15) is 107 Å². The number of aromatic amines is 1. The highest BCUT2D eigenvalue weighted by Gasteiger charge is 1.97. The summed E-state index contributed by atoms with van der Waals surface area (Å²) in [5.74, 6) is 0. The summed E-state index contributed by atoms with van der Waals surface area (Å²) in [5.41, 5.74) is 1.89. The molecule has 0 saturated heterocycles. The summed E-state index contributed by atoms with van der Waals surface area (Å²) >= 11 is 0. The number of aryl methyl sites for hydroxylation is 1. The minimum atomic E-state index is 0.694. The molecule has 0 spiro atoms. The van der Waals surface area contributed by atoms with Crippen LogP contribution in [0.2, 0.25) is 0 Å². The number of H-pyrrole nitrogens is 1. The van der Waals surface area contributed by atoms with E-state index in [1.54, 1.807) is 0 Å². The van der Waals surface area contributed by atoms with Gasteiger partial charge in [0.05, 0.1) is 5.69 Å². The van der Waals surface area contributed by atoms with Crippen LogP contribution in [-0.4, -0.2) is 11.3 Å². The van der Waals surface area contributed by atoms with Gasteiger partial charge in [-0.2, -0.15) is 0 Å². The minimum absolute atomic E-state index is 0.694. The average Bonchev–Trinajstić information content (AvgIpc) is 3.06. The Morgan fingerprint density at radius 3 is 1.96 bits per heavy atom. The monoisotopic (exact) mass is 331 g/mol. The predicted octanol–water partition coefficient (Wildman–Crippen LogP) is 7.02. The van der Waals surface area contributed by atoms with Gasteiger partial charge in [0.1, 0.15) is 0 Å². The Bertz CT molecular complexity index is 433. The van der Waals surface area contributed by atoms with Gasteiger partial charge in [0.2, 0.25) is 0 Å². The maximum absolute atomic E-state index is 10.6. The molecular weight excluding hydrogens is 294 g/mol. The smallest absolute Gasteiger partial charge is 0.166 e. The molecule has 0 aliphatic carbocycles. The van der Waals surface area contributed by atoms with Crippen molar-refractivity contribution >= 4 is 6.29 Å². The van der Waals surface area contributed by atoms with Crippen LogP contribution in [0.15, 0.2) is 24.3 Å². The summed E-state index contributed by atoms with van der Waals surface area (Å²) in [7, 11) is 0. The highest BCUT2D eigenvalue weighted by Crippen LogP contribution is 2.11. The molecule has 1 aromatic heterocycles. The van der Waals surface area contributed by atoms with E-state index in [4.69, 9.17) is 0 Å². The van der Waals surface area contributed by atoms with E-state index in [9.17, 15) is 4.79 Å². The molecule has 0 unspecified atom stereocenters. The second kappa shape index (κ2) is 15.2. The van der Waals surface area contributed by atoms with Gasteiger partial charge in [-0.25, -0.2) is 0 Å². The van der Waals surface area contributed by atoms with Crippen LogP contribution in [-0.2, 0) is 6.42 Å². The van der Waals surface area contributed by atoms with Gasteiger partial charge >= 0.3 is 0 Å². The van der Waals surface area contributed by atoms with Crippen molar-refractivity contribution in [2.24, 2.45) is 0 Å². The zero-order valence-electron chi connectivity index (χ0n) is 15.7. The molecule has 0 aromatic carbocycles. The number of carbonyl (C=O) groups is 1. The first kappa shape index (κ1) is 20.7. The maximum atomic E-state index is 10.6. The van der Waals surface area contributed by atoms with E-state index in [0.717, 1.165) is 12.7 Å². The van der Waals surface area contributed by atoms with Crippen LogP contribution in [0.5, 0.6) is 0 Å². The lowest BCUT2D eigenvalue weighted by Crippen LogP contribution is -1.87. The van der Waals surface area contributed by atoms with Crippen molar-refractivity contribution in [1.29, 1.82) is 0 Å². The zero-order valence-corrected chi connectivity index (χ0v) is 15.7. The minimum Gasteiger partial charge on any atom is -0.356 e. The summed E-state index contributed by atoms with van der Waals surface area (Å²) in [6, 6.07) is 3.89. The van der Waals surface area contributed by atoms with E-state index in [2.05, 4.69) is 24.1 Å². The molecule has 0 atom stereocenters. The molecule has 1 aromatic rings. The Hall–Kier alpha value is -1.31. The lowest BCUT2D eigenvalue weighted by Gasteiger charge is -2.01. The molecule has 0 bridgehead atoms. The second-order valence-corrected chi connectivity index (χ2v) is 6.89. The van der Waals surface area contributed by atoms with Crippen LogP contribution in [0.4, 0.5) is 0 Å². The summed E-state index contributed by atoms with van der Waals surface area (Å²) in [6.45, 7) is 2.27. The number of nitrogens with one attached hydrogen (secondary N) is 1. The molecule has 24 heavy (non-hydrogen) atoms. The summed E-state index contributed by atoms with van der Waals surface area (Å²) in [4.78, 5) is 13.7. The molecule has 1 heterocycles. The van der Waals surface area contributed by atoms with Crippen molar-refractivity contribution in [2.75, 3.05) is 0 Å². The van der Waals surface area contributed by atoms with Gasteiger partial charge in [0.15, 0.2) is 6.29 Å². The molecule has 0 fully saturated rings. The van der Waals surface area contributed by atoms with Crippen molar-refractivity contribution in [3.05, 3.63) is 35.7 Å². The second-order valence-electron chi connectivity index (χ2n) is 6.89. The number of hydrogen-bond donors (Lipinski definition) is 1. The number of aromatic nitrogens is 1. The summed E-state index contributed by atoms with van der Waals surface area (Å²) in [5, 5.41) is 0. The van der Waals surface area contributed by atoms with Crippen molar-refractivity contribution in [3.8, 4) is 0 Å². The van der Waals surface area contributed by atoms with Gasteiger partial charge in [-0.15, -0.1) is 0 Å². The molecular formula is C22H37NO. The quantitative estimate of drug-likeness (QED) is 0.197. The van der Waals surface area contributed by atoms with E-state index in [1.165, 1.54) is 89.2 Å². The molecule has 0 amide bonds. The third-order valence-electron chi connectivity index (χ3n) is 4.60. The van der Waals surface area contributed by atoms with E-state index < -0.39 is 0 Å². The Morgan fingerprint density at radius 1 is 0.792 bits per heavy atom. The molecule has 0 radical (unpaired) electrons. The van der Waals surface area contributed by atoms with Crippen LogP contribution >= 0.6 is 0 Å². The number of aldehydes is 1. The number of allylic oxidation sites excluding steroid dienone is 2.